The Morgan fingerprint density at radius 2 is 2.26 bits per heavy atom. The SMILES string of the molecule is C=CCN(CCO)CCOc1cccc(CNC)c1. The number of rotatable bonds is 10. The first kappa shape index (κ1) is 15.7. The van der Waals surface area contributed by atoms with Gasteiger partial charge in [0.05, 0.1) is 6.61 Å². The minimum absolute atomic E-state index is 0.158. The molecule has 0 heterocycles. The molecule has 0 saturated carbocycles. The molecule has 2 N–H and O–H groups in total. The molecule has 106 valence electrons. The molecule has 0 bridgehead atoms. The molecule has 4 nitrogen and oxygen atoms in total. The van der Waals surface area contributed by atoms with Crippen molar-refractivity contribution in [1.82, 2.24) is 10.2 Å². The summed E-state index contributed by atoms with van der Waals surface area (Å²) in [5.74, 6) is 0.885. The molecule has 0 aromatic heterocycles. The number of ether oxygens (including phenoxy) is 1. The number of hydrogen-bond donors (Lipinski definition) is 2. The Morgan fingerprint density at radius 3 is 2.95 bits per heavy atom. The van der Waals surface area contributed by atoms with Crippen LogP contribution in [0, 0.1) is 0 Å². The van der Waals surface area contributed by atoms with Crippen molar-refractivity contribution in [1.29, 1.82) is 0 Å². The predicted octanol–water partition coefficient (Wildman–Crippen LogP) is 1.27. The summed E-state index contributed by atoms with van der Waals surface area (Å²) in [6.45, 7) is 7.51. The van der Waals surface area contributed by atoms with Crippen LogP contribution in [0.1, 0.15) is 5.56 Å². The lowest BCUT2D eigenvalue weighted by molar-refractivity contribution is 0.180. The fourth-order valence-corrected chi connectivity index (χ4v) is 1.86. The van der Waals surface area contributed by atoms with E-state index in [1.165, 1.54) is 5.56 Å². The van der Waals surface area contributed by atoms with Crippen molar-refractivity contribution in [2.45, 2.75) is 6.54 Å². The average molecular weight is 264 g/mol. The smallest absolute Gasteiger partial charge is 0.119 e. The lowest BCUT2D eigenvalue weighted by Crippen LogP contribution is -2.31. The van der Waals surface area contributed by atoms with Crippen molar-refractivity contribution in [3.8, 4) is 5.75 Å². The maximum Gasteiger partial charge on any atom is 0.119 e. The highest BCUT2D eigenvalue weighted by atomic mass is 16.5. The van der Waals surface area contributed by atoms with Gasteiger partial charge in [-0.25, -0.2) is 0 Å². The predicted molar refractivity (Wildman–Crippen MR) is 78.4 cm³/mol. The molecule has 1 rings (SSSR count). The largest absolute Gasteiger partial charge is 0.492 e. The highest BCUT2D eigenvalue weighted by molar-refractivity contribution is 5.28. The van der Waals surface area contributed by atoms with Gasteiger partial charge in [0.25, 0.3) is 0 Å². The fraction of sp³-hybridized carbons (Fsp3) is 0.467. The Balaban J connectivity index is 2.38. The summed E-state index contributed by atoms with van der Waals surface area (Å²) in [7, 11) is 1.93. The highest BCUT2D eigenvalue weighted by Crippen LogP contribution is 2.13. The highest BCUT2D eigenvalue weighted by Gasteiger charge is 2.02. The van der Waals surface area contributed by atoms with Crippen molar-refractivity contribution in [3.63, 3.8) is 0 Å². The minimum atomic E-state index is 0.158. The van der Waals surface area contributed by atoms with Gasteiger partial charge in [0.15, 0.2) is 0 Å². The minimum Gasteiger partial charge on any atom is -0.492 e. The summed E-state index contributed by atoms with van der Waals surface area (Å²) in [5, 5.41) is 12.1. The van der Waals surface area contributed by atoms with E-state index in [4.69, 9.17) is 9.84 Å². The van der Waals surface area contributed by atoms with Crippen LogP contribution in [0.5, 0.6) is 5.75 Å². The van der Waals surface area contributed by atoms with E-state index in [1.807, 2.05) is 31.3 Å². The zero-order chi connectivity index (χ0) is 13.9. The monoisotopic (exact) mass is 264 g/mol. The zero-order valence-corrected chi connectivity index (χ0v) is 11.6. The van der Waals surface area contributed by atoms with Gasteiger partial charge in [-0.1, -0.05) is 18.2 Å². The first-order valence-electron chi connectivity index (χ1n) is 6.60. The van der Waals surface area contributed by atoms with Gasteiger partial charge in [-0.15, -0.1) is 6.58 Å². The second kappa shape index (κ2) is 9.55. The molecule has 0 radical (unpaired) electrons. The van der Waals surface area contributed by atoms with Crippen LogP contribution in [-0.4, -0.2) is 49.9 Å². The standard InChI is InChI=1S/C15H24N2O2/c1-3-7-17(8-10-18)9-11-19-15-6-4-5-14(12-15)13-16-2/h3-6,12,16,18H,1,7-11,13H2,2H3. The van der Waals surface area contributed by atoms with Crippen LogP contribution in [-0.2, 0) is 6.54 Å². The average Bonchev–Trinajstić information content (AvgIpc) is 2.40. The molecule has 0 aliphatic carbocycles. The first-order valence-corrected chi connectivity index (χ1v) is 6.60. The Hall–Kier alpha value is -1.36. The third kappa shape index (κ3) is 6.38. The van der Waals surface area contributed by atoms with Crippen LogP contribution < -0.4 is 10.1 Å². The second-order valence-corrected chi connectivity index (χ2v) is 4.34. The van der Waals surface area contributed by atoms with Crippen molar-refractivity contribution in [2.75, 3.05) is 39.9 Å². The van der Waals surface area contributed by atoms with Gasteiger partial charge in [-0.05, 0) is 24.7 Å². The maximum absolute atomic E-state index is 8.95. The summed E-state index contributed by atoms with van der Waals surface area (Å²) in [4.78, 5) is 2.10. The van der Waals surface area contributed by atoms with Crippen LogP contribution in [0.25, 0.3) is 0 Å². The van der Waals surface area contributed by atoms with Gasteiger partial charge < -0.3 is 15.2 Å². The Labute approximate surface area is 115 Å². The zero-order valence-electron chi connectivity index (χ0n) is 11.6. The number of benzene rings is 1. The van der Waals surface area contributed by atoms with E-state index in [-0.39, 0.29) is 6.61 Å². The normalized spacial score (nSPS) is 10.7. The van der Waals surface area contributed by atoms with Gasteiger partial charge in [-0.3, -0.25) is 4.90 Å². The number of aliphatic hydroxyl groups excluding tert-OH is 1. The Kier molecular flexibility index (Phi) is 7.89. The summed E-state index contributed by atoms with van der Waals surface area (Å²) in [5.41, 5.74) is 1.21. The van der Waals surface area contributed by atoms with Gasteiger partial charge >= 0.3 is 0 Å². The molecule has 0 amide bonds. The third-order valence-electron chi connectivity index (χ3n) is 2.76. The topological polar surface area (TPSA) is 44.7 Å². The summed E-state index contributed by atoms with van der Waals surface area (Å²) in [6.07, 6.45) is 1.84. The van der Waals surface area contributed by atoms with E-state index in [2.05, 4.69) is 22.9 Å². The van der Waals surface area contributed by atoms with Crippen LogP contribution in [0.3, 0.4) is 0 Å². The Morgan fingerprint density at radius 1 is 1.42 bits per heavy atom. The molecule has 19 heavy (non-hydrogen) atoms. The van der Waals surface area contributed by atoms with E-state index < -0.39 is 0 Å². The molecule has 0 aliphatic rings. The summed E-state index contributed by atoms with van der Waals surface area (Å²) >= 11 is 0. The second-order valence-electron chi connectivity index (χ2n) is 4.34. The van der Waals surface area contributed by atoms with E-state index >= 15 is 0 Å². The van der Waals surface area contributed by atoms with Gasteiger partial charge in [0, 0.05) is 26.2 Å². The number of nitrogens with zero attached hydrogens (tertiary/aromatic N) is 1. The quantitative estimate of drug-likeness (QED) is 0.625. The summed E-state index contributed by atoms with van der Waals surface area (Å²) < 4.78 is 5.73. The third-order valence-corrected chi connectivity index (χ3v) is 2.76. The van der Waals surface area contributed by atoms with Gasteiger partial charge in [0.2, 0.25) is 0 Å². The summed E-state index contributed by atoms with van der Waals surface area (Å²) in [6, 6.07) is 8.07. The van der Waals surface area contributed by atoms with Crippen LogP contribution in [0.4, 0.5) is 0 Å². The lowest BCUT2D eigenvalue weighted by Gasteiger charge is -2.19. The van der Waals surface area contributed by atoms with Crippen molar-refractivity contribution >= 4 is 0 Å². The molecule has 0 atom stereocenters. The first-order chi connectivity index (χ1) is 9.30. The van der Waals surface area contributed by atoms with E-state index in [1.54, 1.807) is 0 Å². The van der Waals surface area contributed by atoms with Crippen LogP contribution >= 0.6 is 0 Å². The van der Waals surface area contributed by atoms with Gasteiger partial charge in [-0.2, -0.15) is 0 Å². The van der Waals surface area contributed by atoms with E-state index in [9.17, 15) is 0 Å². The molecule has 4 heteroatoms. The molecular weight excluding hydrogens is 240 g/mol. The number of hydrogen-bond acceptors (Lipinski definition) is 4. The molecule has 0 aliphatic heterocycles. The molecule has 1 aromatic rings. The van der Waals surface area contributed by atoms with Crippen molar-refractivity contribution in [3.05, 3.63) is 42.5 Å². The maximum atomic E-state index is 8.95. The van der Waals surface area contributed by atoms with E-state index in [0.29, 0.717) is 13.2 Å². The van der Waals surface area contributed by atoms with Crippen LogP contribution in [0.2, 0.25) is 0 Å². The van der Waals surface area contributed by atoms with Crippen molar-refractivity contribution < 1.29 is 9.84 Å². The molecular formula is C15H24N2O2. The van der Waals surface area contributed by atoms with Crippen LogP contribution in [0.15, 0.2) is 36.9 Å². The van der Waals surface area contributed by atoms with E-state index in [0.717, 1.165) is 25.4 Å². The molecule has 0 unspecified atom stereocenters. The molecule has 0 spiro atoms. The lowest BCUT2D eigenvalue weighted by atomic mass is 10.2. The van der Waals surface area contributed by atoms with Gasteiger partial charge in [0.1, 0.15) is 12.4 Å². The molecule has 1 aromatic carbocycles. The molecule has 0 saturated heterocycles. The number of aliphatic hydroxyl groups is 1. The fourth-order valence-electron chi connectivity index (χ4n) is 1.86. The van der Waals surface area contributed by atoms with Crippen molar-refractivity contribution in [2.24, 2.45) is 0 Å². The Bertz CT molecular complexity index is 369. The number of nitrogens with one attached hydrogen (secondary N) is 1. The molecule has 0 fully saturated rings.